The third-order valence-corrected chi connectivity index (χ3v) is 6.84. The number of aliphatic hydroxyl groups is 1. The molecule has 0 saturated carbocycles. The van der Waals surface area contributed by atoms with Crippen molar-refractivity contribution >= 4 is 33.4 Å². The summed E-state index contributed by atoms with van der Waals surface area (Å²) in [4.78, 5) is 30.3. The van der Waals surface area contributed by atoms with Gasteiger partial charge in [0.25, 0.3) is 11.7 Å². The van der Waals surface area contributed by atoms with E-state index in [-0.39, 0.29) is 11.3 Å². The molecule has 35 heavy (non-hydrogen) atoms. The quantitative estimate of drug-likeness (QED) is 0.193. The molecule has 0 aliphatic carbocycles. The van der Waals surface area contributed by atoms with Crippen molar-refractivity contribution in [3.63, 3.8) is 0 Å². The number of aliphatic hydroxyl groups excluding tert-OH is 1. The number of nitrogens with zero attached hydrogens (tertiary/aromatic N) is 2. The zero-order valence-electron chi connectivity index (χ0n) is 20.5. The lowest BCUT2D eigenvalue weighted by Crippen LogP contribution is -2.34. The monoisotopic (exact) mass is 544 g/mol. The maximum absolute atomic E-state index is 13.4. The standard InChI is InChI=1S/C28H34BrFN2O3/c1-3-5-15-31(16-6-4-2)17-8-18-32-25(21-9-7-10-22(29)19-21)24(27(34)28(32)35)26(33)20-11-13-23(30)14-12-20/h7,9-14,19,25,33H,3-6,8,15-18H2,1-2H3/b26-24-. The maximum atomic E-state index is 13.4. The number of hydrogen-bond acceptors (Lipinski definition) is 4. The number of likely N-dealkylation sites (tertiary alicyclic amines) is 1. The Bertz CT molecular complexity index is 1050. The second-order valence-electron chi connectivity index (χ2n) is 8.96. The molecule has 0 radical (unpaired) electrons. The fourth-order valence-corrected chi connectivity index (χ4v) is 4.88. The molecule has 0 bridgehead atoms. The minimum atomic E-state index is -0.717. The zero-order chi connectivity index (χ0) is 25.4. The van der Waals surface area contributed by atoms with Crippen molar-refractivity contribution in [2.45, 2.75) is 52.0 Å². The van der Waals surface area contributed by atoms with E-state index in [9.17, 15) is 19.1 Å². The largest absolute Gasteiger partial charge is 0.507 e. The van der Waals surface area contributed by atoms with Gasteiger partial charge in [0.05, 0.1) is 11.6 Å². The molecule has 1 amide bonds. The first kappa shape index (κ1) is 27.1. The summed E-state index contributed by atoms with van der Waals surface area (Å²) in [5.41, 5.74) is 1.07. The van der Waals surface area contributed by atoms with Crippen LogP contribution in [0.1, 0.15) is 63.1 Å². The summed E-state index contributed by atoms with van der Waals surface area (Å²) in [6.45, 7) is 7.64. The van der Waals surface area contributed by atoms with Gasteiger partial charge in [-0.15, -0.1) is 0 Å². The molecule has 1 aliphatic heterocycles. The van der Waals surface area contributed by atoms with E-state index < -0.39 is 23.5 Å². The molecule has 2 aromatic carbocycles. The van der Waals surface area contributed by atoms with Gasteiger partial charge in [-0.25, -0.2) is 4.39 Å². The number of Topliss-reactive ketones (excluding diaryl/α,β-unsaturated/α-hetero) is 1. The minimum Gasteiger partial charge on any atom is -0.507 e. The highest BCUT2D eigenvalue weighted by Crippen LogP contribution is 2.40. The lowest BCUT2D eigenvalue weighted by atomic mass is 9.95. The summed E-state index contributed by atoms with van der Waals surface area (Å²) in [5.74, 6) is -2.07. The Labute approximate surface area is 215 Å². The van der Waals surface area contributed by atoms with Gasteiger partial charge >= 0.3 is 0 Å². The molecule has 1 unspecified atom stereocenters. The molecule has 3 rings (SSSR count). The molecule has 1 saturated heterocycles. The first-order valence-corrected chi connectivity index (χ1v) is 13.2. The number of benzene rings is 2. The highest BCUT2D eigenvalue weighted by molar-refractivity contribution is 9.10. The van der Waals surface area contributed by atoms with Crippen LogP contribution in [0.4, 0.5) is 4.39 Å². The number of carbonyl (C=O) groups excluding carboxylic acids is 2. The fraction of sp³-hybridized carbons (Fsp3) is 0.429. The number of unbranched alkanes of at least 4 members (excludes halogenated alkanes) is 2. The molecule has 188 valence electrons. The van der Waals surface area contributed by atoms with E-state index in [4.69, 9.17) is 0 Å². The van der Waals surface area contributed by atoms with E-state index in [1.54, 1.807) is 4.90 Å². The van der Waals surface area contributed by atoms with Gasteiger partial charge in [0, 0.05) is 16.6 Å². The van der Waals surface area contributed by atoms with Gasteiger partial charge in [-0.1, -0.05) is 54.8 Å². The first-order valence-electron chi connectivity index (χ1n) is 12.4. The van der Waals surface area contributed by atoms with Crippen LogP contribution >= 0.6 is 15.9 Å². The van der Waals surface area contributed by atoms with Crippen molar-refractivity contribution in [2.24, 2.45) is 0 Å². The third-order valence-electron chi connectivity index (χ3n) is 6.35. The minimum absolute atomic E-state index is 0.0357. The Hall–Kier alpha value is -2.51. The number of rotatable bonds is 12. The van der Waals surface area contributed by atoms with Gasteiger partial charge < -0.3 is 14.9 Å². The van der Waals surface area contributed by atoms with E-state index in [1.165, 1.54) is 24.3 Å². The van der Waals surface area contributed by atoms with Gasteiger partial charge in [-0.3, -0.25) is 9.59 Å². The molecular formula is C28H34BrFN2O3. The molecule has 1 atom stereocenters. The highest BCUT2D eigenvalue weighted by Gasteiger charge is 2.45. The Morgan fingerprint density at radius 1 is 1.00 bits per heavy atom. The van der Waals surface area contributed by atoms with Crippen molar-refractivity contribution in [2.75, 3.05) is 26.2 Å². The zero-order valence-corrected chi connectivity index (χ0v) is 22.1. The van der Waals surface area contributed by atoms with E-state index >= 15 is 0 Å². The number of hydrogen-bond donors (Lipinski definition) is 1. The van der Waals surface area contributed by atoms with Crippen LogP contribution in [0.5, 0.6) is 0 Å². The van der Waals surface area contributed by atoms with Gasteiger partial charge in [0.15, 0.2) is 0 Å². The number of ketones is 1. The van der Waals surface area contributed by atoms with Crippen LogP contribution in [0.15, 0.2) is 58.6 Å². The lowest BCUT2D eigenvalue weighted by molar-refractivity contribution is -0.140. The number of amides is 1. The predicted octanol–water partition coefficient (Wildman–Crippen LogP) is 6.30. The summed E-state index contributed by atoms with van der Waals surface area (Å²) in [6, 6.07) is 12.0. The molecule has 2 aromatic rings. The van der Waals surface area contributed by atoms with Gasteiger partial charge in [-0.05, 0) is 80.9 Å². The van der Waals surface area contributed by atoms with Gasteiger partial charge in [-0.2, -0.15) is 0 Å². The van der Waals surface area contributed by atoms with Gasteiger partial charge in [0.1, 0.15) is 11.6 Å². The summed E-state index contributed by atoms with van der Waals surface area (Å²) >= 11 is 3.47. The number of carbonyl (C=O) groups is 2. The average molecular weight is 545 g/mol. The van der Waals surface area contributed by atoms with E-state index in [0.29, 0.717) is 12.1 Å². The van der Waals surface area contributed by atoms with E-state index in [0.717, 1.165) is 61.8 Å². The lowest BCUT2D eigenvalue weighted by Gasteiger charge is -2.27. The van der Waals surface area contributed by atoms with Crippen LogP contribution in [0, 0.1) is 5.82 Å². The third kappa shape index (κ3) is 6.79. The van der Waals surface area contributed by atoms with Crippen molar-refractivity contribution in [3.05, 3.63) is 75.5 Å². The first-order chi connectivity index (χ1) is 16.9. The molecule has 5 nitrogen and oxygen atoms in total. The van der Waals surface area contributed by atoms with E-state index in [1.807, 2.05) is 24.3 Å². The Morgan fingerprint density at radius 3 is 2.23 bits per heavy atom. The Balaban J connectivity index is 1.91. The number of halogens is 2. The van der Waals surface area contributed by atoms with Crippen molar-refractivity contribution in [3.8, 4) is 0 Å². The molecule has 1 fully saturated rings. The molecule has 1 aliphatic rings. The smallest absolute Gasteiger partial charge is 0.295 e. The molecule has 0 aromatic heterocycles. The molecular weight excluding hydrogens is 511 g/mol. The van der Waals surface area contributed by atoms with Crippen molar-refractivity contribution in [1.29, 1.82) is 0 Å². The predicted molar refractivity (Wildman–Crippen MR) is 140 cm³/mol. The Kier molecular flexibility index (Phi) is 10.0. The fourth-order valence-electron chi connectivity index (χ4n) is 4.46. The molecule has 7 heteroatoms. The SMILES string of the molecule is CCCCN(CCCC)CCCN1C(=O)C(=O)/C(=C(\O)c2ccc(F)cc2)C1c1cccc(Br)c1. The summed E-state index contributed by atoms with van der Waals surface area (Å²) in [7, 11) is 0. The maximum Gasteiger partial charge on any atom is 0.295 e. The summed E-state index contributed by atoms with van der Waals surface area (Å²) < 4.78 is 14.3. The van der Waals surface area contributed by atoms with Crippen LogP contribution in [0.25, 0.3) is 5.76 Å². The van der Waals surface area contributed by atoms with Crippen LogP contribution in [0.2, 0.25) is 0 Å². The highest BCUT2D eigenvalue weighted by atomic mass is 79.9. The average Bonchev–Trinajstić information content (AvgIpc) is 3.10. The molecule has 0 spiro atoms. The van der Waals surface area contributed by atoms with Crippen LogP contribution in [-0.4, -0.2) is 52.8 Å². The molecule has 1 heterocycles. The Morgan fingerprint density at radius 2 is 1.63 bits per heavy atom. The normalized spacial score (nSPS) is 17.5. The van der Waals surface area contributed by atoms with Gasteiger partial charge in [0.2, 0.25) is 0 Å². The second-order valence-corrected chi connectivity index (χ2v) is 9.87. The van der Waals surface area contributed by atoms with Crippen LogP contribution in [-0.2, 0) is 9.59 Å². The van der Waals surface area contributed by atoms with Crippen molar-refractivity contribution < 1.29 is 19.1 Å². The van der Waals surface area contributed by atoms with Crippen LogP contribution in [0.3, 0.4) is 0 Å². The van der Waals surface area contributed by atoms with Crippen molar-refractivity contribution in [1.82, 2.24) is 9.80 Å². The summed E-state index contributed by atoms with van der Waals surface area (Å²) in [6.07, 6.45) is 5.24. The molecule has 1 N–H and O–H groups in total. The van der Waals surface area contributed by atoms with Crippen LogP contribution < -0.4 is 0 Å². The summed E-state index contributed by atoms with van der Waals surface area (Å²) in [5, 5.41) is 11.1. The topological polar surface area (TPSA) is 60.9 Å². The second kappa shape index (κ2) is 13.0. The van der Waals surface area contributed by atoms with E-state index in [2.05, 4.69) is 34.7 Å².